The van der Waals surface area contributed by atoms with Crippen molar-refractivity contribution in [1.29, 1.82) is 0 Å². The molecule has 0 nitrogen and oxygen atoms in total. The Morgan fingerprint density at radius 1 is 0.792 bits per heavy atom. The molecule has 0 bridgehead atoms. The Morgan fingerprint density at radius 3 is 1.50 bits per heavy atom. The van der Waals surface area contributed by atoms with Gasteiger partial charge in [-0.25, -0.2) is 0 Å². The monoisotopic (exact) mass is 342 g/mol. The highest BCUT2D eigenvalue weighted by molar-refractivity contribution is 7.50. The van der Waals surface area contributed by atoms with E-state index in [2.05, 4.69) is 93.2 Å². The SMILES string of the molecule is CC#CC(C)=Pc1c(C(C)(C)C)cc(C(C)(C)C)cc1C(C)(C)C. The standard InChI is InChI=1S/C23H35P/c1-12-13-16(2)24-20-18(22(6,7)8)14-17(21(3,4)5)15-19(20)23(9,10)11/h14-15H,1-11H3. The van der Waals surface area contributed by atoms with E-state index in [0.717, 1.165) is 0 Å². The van der Waals surface area contributed by atoms with E-state index >= 15 is 0 Å². The van der Waals surface area contributed by atoms with Crippen LogP contribution in [0.4, 0.5) is 0 Å². The van der Waals surface area contributed by atoms with Crippen LogP contribution in [-0.2, 0) is 16.2 Å². The summed E-state index contributed by atoms with van der Waals surface area (Å²) in [5.41, 5.74) is 4.72. The van der Waals surface area contributed by atoms with Crippen molar-refractivity contribution in [1.82, 2.24) is 0 Å². The summed E-state index contributed by atoms with van der Waals surface area (Å²) in [6.07, 6.45) is 0. The fraction of sp³-hybridized carbons (Fsp3) is 0.609. The van der Waals surface area contributed by atoms with Gasteiger partial charge in [0.25, 0.3) is 0 Å². The first-order chi connectivity index (χ1) is 10.7. The number of benzene rings is 1. The summed E-state index contributed by atoms with van der Waals surface area (Å²) >= 11 is 0. The number of hydrogen-bond acceptors (Lipinski definition) is 0. The zero-order valence-corrected chi connectivity index (χ0v) is 18.5. The molecule has 24 heavy (non-hydrogen) atoms. The molecule has 0 N–H and O–H groups in total. The molecular weight excluding hydrogens is 307 g/mol. The summed E-state index contributed by atoms with van der Waals surface area (Å²) in [6, 6.07) is 4.87. The average molecular weight is 343 g/mol. The van der Waals surface area contributed by atoms with E-state index in [0.29, 0.717) is 0 Å². The Morgan fingerprint density at radius 2 is 1.21 bits per heavy atom. The molecule has 0 heterocycles. The summed E-state index contributed by atoms with van der Waals surface area (Å²) in [5.74, 6) is 6.30. The summed E-state index contributed by atoms with van der Waals surface area (Å²) in [4.78, 5) is 0. The van der Waals surface area contributed by atoms with Crippen molar-refractivity contribution in [3.63, 3.8) is 0 Å². The summed E-state index contributed by atoms with van der Waals surface area (Å²) in [5, 5.41) is 2.67. The topological polar surface area (TPSA) is 0 Å². The molecule has 1 rings (SSSR count). The molecule has 0 saturated heterocycles. The lowest BCUT2D eigenvalue weighted by atomic mass is 9.75. The predicted octanol–water partition coefficient (Wildman–Crippen LogP) is 6.37. The Balaban J connectivity index is 3.94. The van der Waals surface area contributed by atoms with E-state index in [1.807, 2.05) is 6.92 Å². The van der Waals surface area contributed by atoms with Crippen LogP contribution in [0.3, 0.4) is 0 Å². The second-order valence-electron chi connectivity index (χ2n) is 9.74. The van der Waals surface area contributed by atoms with Crippen LogP contribution in [0.1, 0.15) is 92.9 Å². The van der Waals surface area contributed by atoms with Gasteiger partial charge in [0.05, 0.1) is 0 Å². The van der Waals surface area contributed by atoms with E-state index in [9.17, 15) is 0 Å². The van der Waals surface area contributed by atoms with Crippen LogP contribution in [0.15, 0.2) is 12.1 Å². The molecule has 0 saturated carbocycles. The quantitative estimate of drug-likeness (QED) is 0.411. The van der Waals surface area contributed by atoms with E-state index in [1.54, 1.807) is 0 Å². The van der Waals surface area contributed by atoms with Gasteiger partial charge in [-0.1, -0.05) is 88.6 Å². The molecule has 1 aromatic rings. The van der Waals surface area contributed by atoms with Crippen LogP contribution in [0, 0.1) is 11.8 Å². The van der Waals surface area contributed by atoms with Gasteiger partial charge in [0, 0.05) is 10.6 Å². The van der Waals surface area contributed by atoms with Gasteiger partial charge in [0.2, 0.25) is 0 Å². The highest BCUT2D eigenvalue weighted by Crippen LogP contribution is 2.35. The van der Waals surface area contributed by atoms with Crippen LogP contribution in [-0.4, -0.2) is 5.29 Å². The first-order valence-corrected chi connectivity index (χ1v) is 9.75. The highest BCUT2D eigenvalue weighted by Gasteiger charge is 2.28. The van der Waals surface area contributed by atoms with E-state index in [4.69, 9.17) is 0 Å². The zero-order valence-electron chi connectivity index (χ0n) is 17.6. The van der Waals surface area contributed by atoms with Crippen molar-refractivity contribution < 1.29 is 0 Å². The third kappa shape index (κ3) is 5.22. The second kappa shape index (κ2) is 7.06. The molecule has 0 aromatic heterocycles. The Kier molecular flexibility index (Phi) is 6.17. The molecule has 1 aromatic carbocycles. The Labute approximate surface area is 152 Å². The molecule has 0 unspecified atom stereocenters. The summed E-state index contributed by atoms with van der Waals surface area (Å²) in [6.45, 7) is 24.9. The minimum atomic E-state index is 0.115. The van der Waals surface area contributed by atoms with Gasteiger partial charge in [-0.05, 0) is 46.8 Å². The minimum absolute atomic E-state index is 0.115. The minimum Gasteiger partial charge on any atom is -0.101 e. The van der Waals surface area contributed by atoms with Gasteiger partial charge in [-0.2, -0.15) is 0 Å². The van der Waals surface area contributed by atoms with Crippen LogP contribution < -0.4 is 5.30 Å². The van der Waals surface area contributed by atoms with Crippen molar-refractivity contribution >= 4 is 18.8 Å². The Hall–Kier alpha value is -1.05. The molecule has 0 aliphatic rings. The maximum absolute atomic E-state index is 3.25. The van der Waals surface area contributed by atoms with Crippen molar-refractivity contribution in [2.45, 2.75) is 92.4 Å². The van der Waals surface area contributed by atoms with Gasteiger partial charge in [0.15, 0.2) is 0 Å². The van der Waals surface area contributed by atoms with E-state index < -0.39 is 0 Å². The fourth-order valence-electron chi connectivity index (χ4n) is 2.71. The zero-order chi connectivity index (χ0) is 18.9. The molecule has 0 aliphatic carbocycles. The first kappa shape index (κ1) is 21.0. The van der Waals surface area contributed by atoms with Crippen LogP contribution in [0.25, 0.3) is 0 Å². The maximum atomic E-state index is 3.25. The van der Waals surface area contributed by atoms with Crippen molar-refractivity contribution in [3.8, 4) is 11.8 Å². The molecule has 0 radical (unpaired) electrons. The van der Waals surface area contributed by atoms with Crippen LogP contribution in [0.5, 0.6) is 0 Å². The highest BCUT2D eigenvalue weighted by atomic mass is 31.1. The molecule has 0 amide bonds. The van der Waals surface area contributed by atoms with Crippen LogP contribution in [0.2, 0.25) is 0 Å². The summed E-state index contributed by atoms with van der Waals surface area (Å²) in [7, 11) is 1.25. The largest absolute Gasteiger partial charge is 0.101 e. The fourth-order valence-corrected chi connectivity index (χ4v) is 4.25. The third-order valence-electron chi connectivity index (χ3n) is 4.18. The first-order valence-electron chi connectivity index (χ1n) is 8.85. The third-order valence-corrected chi connectivity index (χ3v) is 5.33. The van der Waals surface area contributed by atoms with Gasteiger partial charge in [-0.3, -0.25) is 0 Å². The van der Waals surface area contributed by atoms with E-state index in [-0.39, 0.29) is 16.2 Å². The molecule has 132 valence electrons. The molecular formula is C23H35P. The molecule has 0 fully saturated rings. The van der Waals surface area contributed by atoms with Crippen LogP contribution >= 0.6 is 8.20 Å². The predicted molar refractivity (Wildman–Crippen MR) is 113 cm³/mol. The maximum Gasteiger partial charge on any atom is 0.0267 e. The van der Waals surface area contributed by atoms with Gasteiger partial charge >= 0.3 is 0 Å². The lowest BCUT2D eigenvalue weighted by Gasteiger charge is -2.32. The van der Waals surface area contributed by atoms with Crippen molar-refractivity contribution in [2.75, 3.05) is 0 Å². The van der Waals surface area contributed by atoms with Gasteiger partial charge in [-0.15, -0.1) is 5.92 Å². The lowest BCUT2D eigenvalue weighted by molar-refractivity contribution is 0.554. The Bertz CT molecular complexity index is 652. The lowest BCUT2D eigenvalue weighted by Crippen LogP contribution is -2.30. The number of hydrogen-bond donors (Lipinski definition) is 0. The average Bonchev–Trinajstić information content (AvgIpc) is 2.34. The van der Waals surface area contributed by atoms with Crippen molar-refractivity contribution in [3.05, 3.63) is 28.8 Å². The van der Waals surface area contributed by atoms with E-state index in [1.165, 1.54) is 35.5 Å². The normalized spacial score (nSPS) is 13.5. The smallest absolute Gasteiger partial charge is 0.0267 e. The molecule has 0 aliphatic heterocycles. The van der Waals surface area contributed by atoms with Crippen molar-refractivity contribution in [2.24, 2.45) is 0 Å². The second-order valence-corrected chi connectivity index (χ2v) is 11.1. The molecule has 1 heteroatoms. The van der Waals surface area contributed by atoms with Gasteiger partial charge in [0.1, 0.15) is 0 Å². The molecule has 0 atom stereocenters. The number of rotatable bonds is 1. The molecule has 0 spiro atoms. The van der Waals surface area contributed by atoms with Gasteiger partial charge < -0.3 is 0 Å². The summed E-state index contributed by atoms with van der Waals surface area (Å²) < 4.78 is 0.